The fourth-order valence-corrected chi connectivity index (χ4v) is 3.93. The highest BCUT2D eigenvalue weighted by atomic mass is 32.2. The number of pyridine rings is 1. The second kappa shape index (κ2) is 7.78. The van der Waals surface area contributed by atoms with Gasteiger partial charge in [-0.05, 0) is 24.3 Å². The average Bonchev–Trinajstić information content (AvgIpc) is 3.11. The van der Waals surface area contributed by atoms with Crippen molar-refractivity contribution in [3.63, 3.8) is 0 Å². The molecule has 3 heterocycles. The van der Waals surface area contributed by atoms with Gasteiger partial charge in [0.05, 0.1) is 11.0 Å². The maximum absolute atomic E-state index is 12.5. The van der Waals surface area contributed by atoms with Crippen LogP contribution in [0.1, 0.15) is 6.42 Å². The largest absolute Gasteiger partial charge is 0.353 e. The summed E-state index contributed by atoms with van der Waals surface area (Å²) in [7, 11) is 0. The molecule has 0 atom stereocenters. The van der Waals surface area contributed by atoms with Crippen LogP contribution in [0.3, 0.4) is 0 Å². The van der Waals surface area contributed by atoms with Crippen molar-refractivity contribution in [3.05, 3.63) is 48.7 Å². The Kier molecular flexibility index (Phi) is 5.06. The van der Waals surface area contributed by atoms with Crippen molar-refractivity contribution in [1.29, 1.82) is 0 Å². The molecule has 7 heteroatoms. The van der Waals surface area contributed by atoms with Crippen molar-refractivity contribution in [2.75, 3.05) is 36.8 Å². The first-order valence-electron chi connectivity index (χ1n) is 8.81. The molecule has 26 heavy (non-hydrogen) atoms. The minimum Gasteiger partial charge on any atom is -0.353 e. The van der Waals surface area contributed by atoms with Gasteiger partial charge in [0.15, 0.2) is 5.16 Å². The molecule has 4 rings (SSSR count). The standard InChI is InChI=1S/C19H21N5OS/c25-18(8-14-26-19-21-15-5-1-2-6-16(15)22-19)24-12-10-23(11-13-24)17-7-3-4-9-20-17/h1-7,9H,8,10-14H2,(H,21,22). The quantitative estimate of drug-likeness (QED) is 0.703. The van der Waals surface area contributed by atoms with Gasteiger partial charge >= 0.3 is 0 Å². The van der Waals surface area contributed by atoms with Gasteiger partial charge in [0.25, 0.3) is 0 Å². The number of hydrogen-bond acceptors (Lipinski definition) is 5. The fourth-order valence-electron chi connectivity index (χ4n) is 3.12. The number of imidazole rings is 1. The highest BCUT2D eigenvalue weighted by Gasteiger charge is 2.21. The number of benzene rings is 1. The molecule has 1 amide bonds. The van der Waals surface area contributed by atoms with Gasteiger partial charge in [0.2, 0.25) is 5.91 Å². The Morgan fingerprint density at radius 3 is 2.65 bits per heavy atom. The third-order valence-electron chi connectivity index (χ3n) is 4.53. The number of carbonyl (C=O) groups excluding carboxylic acids is 1. The van der Waals surface area contributed by atoms with Crippen LogP contribution in [0, 0.1) is 0 Å². The number of hydrogen-bond donors (Lipinski definition) is 1. The molecular formula is C19H21N5OS. The van der Waals surface area contributed by atoms with Crippen LogP contribution in [-0.4, -0.2) is 57.7 Å². The number of nitrogens with one attached hydrogen (secondary N) is 1. The number of nitrogens with zero attached hydrogens (tertiary/aromatic N) is 4. The van der Waals surface area contributed by atoms with E-state index in [0.29, 0.717) is 6.42 Å². The minimum atomic E-state index is 0.217. The van der Waals surface area contributed by atoms with Crippen molar-refractivity contribution in [2.24, 2.45) is 0 Å². The predicted octanol–water partition coefficient (Wildman–Crippen LogP) is 2.79. The van der Waals surface area contributed by atoms with Gasteiger partial charge in [0.1, 0.15) is 5.82 Å². The monoisotopic (exact) mass is 367 g/mol. The first-order valence-corrected chi connectivity index (χ1v) is 9.79. The lowest BCUT2D eigenvalue weighted by Crippen LogP contribution is -2.49. The highest BCUT2D eigenvalue weighted by molar-refractivity contribution is 7.99. The molecule has 0 bridgehead atoms. The number of rotatable bonds is 5. The number of para-hydroxylation sites is 2. The van der Waals surface area contributed by atoms with Gasteiger partial charge in [-0.3, -0.25) is 4.79 Å². The van der Waals surface area contributed by atoms with Crippen LogP contribution in [0.5, 0.6) is 0 Å². The normalized spacial score (nSPS) is 14.8. The third kappa shape index (κ3) is 3.83. The van der Waals surface area contributed by atoms with Gasteiger partial charge < -0.3 is 14.8 Å². The minimum absolute atomic E-state index is 0.217. The van der Waals surface area contributed by atoms with Crippen LogP contribution in [0.2, 0.25) is 0 Å². The topological polar surface area (TPSA) is 65.1 Å². The molecule has 0 aliphatic carbocycles. The number of fused-ring (bicyclic) bond motifs is 1. The van der Waals surface area contributed by atoms with Crippen LogP contribution >= 0.6 is 11.8 Å². The molecule has 2 aromatic heterocycles. The summed E-state index contributed by atoms with van der Waals surface area (Å²) >= 11 is 1.60. The summed E-state index contributed by atoms with van der Waals surface area (Å²) < 4.78 is 0. The van der Waals surface area contributed by atoms with Gasteiger partial charge in [-0.25, -0.2) is 9.97 Å². The van der Waals surface area contributed by atoms with E-state index in [9.17, 15) is 4.79 Å². The molecule has 1 aliphatic heterocycles. The third-order valence-corrected chi connectivity index (χ3v) is 5.40. The molecule has 1 aliphatic rings. The van der Waals surface area contributed by atoms with E-state index >= 15 is 0 Å². The zero-order chi connectivity index (χ0) is 17.8. The lowest BCUT2D eigenvalue weighted by Gasteiger charge is -2.35. The first kappa shape index (κ1) is 16.9. The van der Waals surface area contributed by atoms with Crippen molar-refractivity contribution in [3.8, 4) is 0 Å². The van der Waals surface area contributed by atoms with Gasteiger partial charge in [-0.2, -0.15) is 0 Å². The Bertz CT molecular complexity index is 841. The van der Waals surface area contributed by atoms with E-state index in [1.807, 2.05) is 53.6 Å². The Balaban J connectivity index is 1.24. The molecule has 1 N–H and O–H groups in total. The van der Waals surface area contributed by atoms with Crippen LogP contribution in [0.15, 0.2) is 53.8 Å². The van der Waals surface area contributed by atoms with Gasteiger partial charge in [-0.1, -0.05) is 30.0 Å². The van der Waals surface area contributed by atoms with Crippen molar-refractivity contribution < 1.29 is 4.79 Å². The summed E-state index contributed by atoms with van der Waals surface area (Å²) in [5.74, 6) is 1.94. The summed E-state index contributed by atoms with van der Waals surface area (Å²) in [6.07, 6.45) is 2.34. The Hall–Kier alpha value is -2.54. The number of H-pyrrole nitrogens is 1. The van der Waals surface area contributed by atoms with E-state index in [1.54, 1.807) is 11.8 Å². The van der Waals surface area contributed by atoms with E-state index in [2.05, 4.69) is 19.9 Å². The summed E-state index contributed by atoms with van der Waals surface area (Å²) in [5.41, 5.74) is 2.00. The number of amides is 1. The second-order valence-corrected chi connectivity index (χ2v) is 7.30. The summed E-state index contributed by atoms with van der Waals surface area (Å²) in [5, 5.41) is 0.874. The molecular weight excluding hydrogens is 346 g/mol. The molecule has 1 fully saturated rings. The van der Waals surface area contributed by atoms with E-state index in [0.717, 1.165) is 53.9 Å². The number of thioether (sulfide) groups is 1. The molecule has 3 aromatic rings. The zero-order valence-electron chi connectivity index (χ0n) is 14.5. The highest BCUT2D eigenvalue weighted by Crippen LogP contribution is 2.20. The molecule has 1 saturated heterocycles. The summed E-state index contributed by atoms with van der Waals surface area (Å²) in [4.78, 5) is 28.8. The SMILES string of the molecule is O=C(CCSc1nc2ccccc2[nH]1)N1CCN(c2ccccn2)CC1. The van der Waals surface area contributed by atoms with E-state index in [4.69, 9.17) is 0 Å². The molecule has 0 saturated carbocycles. The molecule has 134 valence electrons. The zero-order valence-corrected chi connectivity index (χ0v) is 15.3. The molecule has 0 spiro atoms. The van der Waals surface area contributed by atoms with E-state index in [-0.39, 0.29) is 5.91 Å². The fraction of sp³-hybridized carbons (Fsp3) is 0.316. The maximum Gasteiger partial charge on any atom is 0.223 e. The van der Waals surface area contributed by atoms with Gasteiger partial charge in [-0.15, -0.1) is 0 Å². The molecule has 1 aromatic carbocycles. The lowest BCUT2D eigenvalue weighted by molar-refractivity contribution is -0.131. The van der Waals surface area contributed by atoms with Crippen LogP contribution in [0.4, 0.5) is 5.82 Å². The van der Waals surface area contributed by atoms with E-state index < -0.39 is 0 Å². The smallest absolute Gasteiger partial charge is 0.223 e. The van der Waals surface area contributed by atoms with Gasteiger partial charge in [0, 0.05) is 44.5 Å². The Morgan fingerprint density at radius 1 is 1.08 bits per heavy atom. The lowest BCUT2D eigenvalue weighted by atomic mass is 10.3. The van der Waals surface area contributed by atoms with Crippen LogP contribution in [0.25, 0.3) is 11.0 Å². The van der Waals surface area contributed by atoms with Crippen molar-refractivity contribution >= 4 is 34.5 Å². The number of carbonyl (C=O) groups is 1. The molecule has 6 nitrogen and oxygen atoms in total. The number of anilines is 1. The summed E-state index contributed by atoms with van der Waals surface area (Å²) in [6, 6.07) is 13.9. The number of piperazine rings is 1. The first-order chi connectivity index (χ1) is 12.8. The number of aromatic nitrogens is 3. The Morgan fingerprint density at radius 2 is 1.88 bits per heavy atom. The second-order valence-electron chi connectivity index (χ2n) is 6.21. The molecule has 0 unspecified atom stereocenters. The predicted molar refractivity (Wildman–Crippen MR) is 104 cm³/mol. The van der Waals surface area contributed by atoms with Crippen LogP contribution < -0.4 is 4.90 Å². The maximum atomic E-state index is 12.5. The van der Waals surface area contributed by atoms with Crippen molar-refractivity contribution in [1.82, 2.24) is 19.9 Å². The van der Waals surface area contributed by atoms with E-state index in [1.165, 1.54) is 0 Å². The Labute approximate surface area is 156 Å². The molecule has 0 radical (unpaired) electrons. The number of aromatic amines is 1. The average molecular weight is 367 g/mol. The van der Waals surface area contributed by atoms with Crippen molar-refractivity contribution in [2.45, 2.75) is 11.6 Å². The summed E-state index contributed by atoms with van der Waals surface area (Å²) in [6.45, 7) is 3.17. The van der Waals surface area contributed by atoms with Crippen LogP contribution in [-0.2, 0) is 4.79 Å².